The highest BCUT2D eigenvalue weighted by Crippen LogP contribution is 2.49. The average molecular weight is 431 g/mol. The van der Waals surface area contributed by atoms with Crippen molar-refractivity contribution in [2.75, 3.05) is 20.8 Å². The van der Waals surface area contributed by atoms with Crippen LogP contribution in [0.2, 0.25) is 0 Å². The van der Waals surface area contributed by atoms with Gasteiger partial charge in [0.2, 0.25) is 0 Å². The number of hydrazine groups is 1. The van der Waals surface area contributed by atoms with Crippen LogP contribution >= 0.6 is 0 Å². The third-order valence-corrected chi connectivity index (χ3v) is 5.76. The zero-order valence-electron chi connectivity index (χ0n) is 18.4. The number of rotatable bonds is 6. The first-order valence-electron chi connectivity index (χ1n) is 10.7. The Kier molecular flexibility index (Phi) is 5.37. The summed E-state index contributed by atoms with van der Waals surface area (Å²) in [7, 11) is 3.33. The van der Waals surface area contributed by atoms with Crippen LogP contribution in [-0.2, 0) is 0 Å². The van der Waals surface area contributed by atoms with Crippen LogP contribution in [0.1, 0.15) is 35.9 Å². The van der Waals surface area contributed by atoms with Crippen LogP contribution in [0.25, 0.3) is 5.70 Å². The molecule has 2 aliphatic heterocycles. The van der Waals surface area contributed by atoms with Crippen LogP contribution in [0, 0.1) is 0 Å². The summed E-state index contributed by atoms with van der Waals surface area (Å²) in [5, 5.41) is 2.13. The maximum atomic E-state index is 6.52. The van der Waals surface area contributed by atoms with Crippen molar-refractivity contribution in [1.29, 1.82) is 0 Å². The first-order chi connectivity index (χ1) is 15.7. The Balaban J connectivity index is 1.56. The lowest BCUT2D eigenvalue weighted by atomic mass is 10.00. The first kappa shape index (κ1) is 20.3. The molecule has 0 fully saturated rings. The van der Waals surface area contributed by atoms with Gasteiger partial charge in [-0.2, -0.15) is 5.01 Å². The molecule has 0 aromatic heterocycles. The van der Waals surface area contributed by atoms with Gasteiger partial charge in [-0.15, -0.1) is 0 Å². The van der Waals surface area contributed by atoms with Crippen molar-refractivity contribution in [2.24, 2.45) is 0 Å². The number of ether oxygens (including phenoxy) is 4. The van der Waals surface area contributed by atoms with Gasteiger partial charge >= 0.3 is 0 Å². The van der Waals surface area contributed by atoms with E-state index in [9.17, 15) is 0 Å². The van der Waals surface area contributed by atoms with Crippen molar-refractivity contribution in [1.82, 2.24) is 10.4 Å². The fourth-order valence-corrected chi connectivity index (χ4v) is 4.23. The van der Waals surface area contributed by atoms with Crippen LogP contribution in [0.15, 0.2) is 72.8 Å². The molecule has 0 bridgehead atoms. The largest absolute Gasteiger partial charge is 0.497 e. The van der Waals surface area contributed by atoms with Crippen LogP contribution in [0.3, 0.4) is 0 Å². The molecule has 0 saturated heterocycles. The molecular weight excluding hydrogens is 404 g/mol. The average Bonchev–Trinajstić information content (AvgIpc) is 3.29. The second-order valence-corrected chi connectivity index (χ2v) is 7.63. The van der Waals surface area contributed by atoms with Crippen LogP contribution < -0.4 is 24.4 Å². The van der Waals surface area contributed by atoms with E-state index in [1.165, 1.54) is 0 Å². The molecule has 2 heterocycles. The van der Waals surface area contributed by atoms with Crippen molar-refractivity contribution in [3.05, 3.63) is 89.5 Å². The van der Waals surface area contributed by atoms with E-state index in [-0.39, 0.29) is 12.3 Å². The molecule has 0 saturated carbocycles. The fraction of sp³-hybridized carbons (Fsp3) is 0.231. The quantitative estimate of drug-likeness (QED) is 0.588. The summed E-state index contributed by atoms with van der Waals surface area (Å²) in [4.78, 5) is 0. The molecule has 2 atom stereocenters. The predicted molar refractivity (Wildman–Crippen MR) is 123 cm³/mol. The zero-order chi connectivity index (χ0) is 22.1. The lowest BCUT2D eigenvalue weighted by molar-refractivity contribution is -0.0343. The number of fused-ring (bicyclic) bond motifs is 3. The van der Waals surface area contributed by atoms with E-state index in [0.717, 1.165) is 45.4 Å². The Morgan fingerprint density at radius 1 is 0.938 bits per heavy atom. The molecule has 0 spiro atoms. The number of nitrogens with zero attached hydrogens (tertiary/aromatic N) is 1. The summed E-state index contributed by atoms with van der Waals surface area (Å²) < 4.78 is 23.2. The van der Waals surface area contributed by atoms with E-state index in [0.29, 0.717) is 6.61 Å². The molecule has 6 heteroatoms. The maximum Gasteiger partial charge on any atom is 0.196 e. The molecule has 32 heavy (non-hydrogen) atoms. The molecule has 0 amide bonds. The summed E-state index contributed by atoms with van der Waals surface area (Å²) in [5.41, 5.74) is 7.71. The molecule has 5 rings (SSSR count). The van der Waals surface area contributed by atoms with Gasteiger partial charge in [-0.25, -0.2) is 0 Å². The van der Waals surface area contributed by atoms with Crippen molar-refractivity contribution < 1.29 is 18.9 Å². The van der Waals surface area contributed by atoms with Gasteiger partial charge in [0.05, 0.1) is 32.6 Å². The number of hydrogen-bond acceptors (Lipinski definition) is 6. The van der Waals surface area contributed by atoms with Crippen LogP contribution in [0.5, 0.6) is 23.0 Å². The highest BCUT2D eigenvalue weighted by Gasteiger charge is 2.41. The molecule has 3 aromatic rings. The molecule has 0 aliphatic carbocycles. The maximum absolute atomic E-state index is 6.52. The summed E-state index contributed by atoms with van der Waals surface area (Å²) in [5.74, 6) is 3.13. The molecule has 2 unspecified atom stereocenters. The monoisotopic (exact) mass is 430 g/mol. The van der Waals surface area contributed by atoms with Gasteiger partial charge in [0.15, 0.2) is 17.7 Å². The molecule has 2 aliphatic rings. The smallest absolute Gasteiger partial charge is 0.196 e. The topological polar surface area (TPSA) is 52.2 Å². The van der Waals surface area contributed by atoms with Crippen molar-refractivity contribution in [3.8, 4) is 23.0 Å². The summed E-state index contributed by atoms with van der Waals surface area (Å²) in [6, 6.07) is 22.0. The van der Waals surface area contributed by atoms with Crippen molar-refractivity contribution in [2.45, 2.75) is 19.2 Å². The fourth-order valence-electron chi connectivity index (χ4n) is 4.23. The number of methoxy groups -OCH3 is 2. The Hall–Kier alpha value is -3.64. The molecule has 0 radical (unpaired) electrons. The lowest BCUT2D eigenvalue weighted by Gasteiger charge is -2.39. The molecule has 6 nitrogen and oxygen atoms in total. The van der Waals surface area contributed by atoms with Gasteiger partial charge in [-0.3, -0.25) is 0 Å². The number of benzene rings is 3. The number of nitrogens with one attached hydrogen (secondary N) is 1. The van der Waals surface area contributed by atoms with E-state index >= 15 is 0 Å². The second-order valence-electron chi connectivity index (χ2n) is 7.63. The Bertz CT molecular complexity index is 1140. The highest BCUT2D eigenvalue weighted by molar-refractivity contribution is 5.68. The predicted octanol–water partition coefficient (Wildman–Crippen LogP) is 5.10. The third kappa shape index (κ3) is 3.52. The summed E-state index contributed by atoms with van der Waals surface area (Å²) in [6.07, 6.45) is 1.86. The van der Waals surface area contributed by atoms with Gasteiger partial charge in [0.25, 0.3) is 0 Å². The van der Waals surface area contributed by atoms with Gasteiger partial charge < -0.3 is 24.4 Å². The molecular formula is C26H26N2O4. The highest BCUT2D eigenvalue weighted by atomic mass is 16.5. The molecule has 1 N–H and O–H groups in total. The van der Waals surface area contributed by atoms with Gasteiger partial charge in [-0.1, -0.05) is 24.3 Å². The normalized spacial score (nSPS) is 19.2. The zero-order valence-corrected chi connectivity index (χ0v) is 18.4. The summed E-state index contributed by atoms with van der Waals surface area (Å²) in [6.45, 7) is 2.63. The molecule has 3 aromatic carbocycles. The van der Waals surface area contributed by atoms with Crippen LogP contribution in [-0.4, -0.2) is 25.8 Å². The van der Waals surface area contributed by atoms with Gasteiger partial charge in [-0.05, 0) is 61.0 Å². The SMILES string of the molecule is CCOc1ccc(C2=CC3c4cccc(OC)c4OC(c4cccc(OC)c4)N3N2)cc1. The van der Waals surface area contributed by atoms with Crippen LogP contribution in [0.4, 0.5) is 0 Å². The van der Waals surface area contributed by atoms with E-state index < -0.39 is 0 Å². The minimum absolute atomic E-state index is 0.0216. The van der Waals surface area contributed by atoms with E-state index in [1.807, 2.05) is 55.5 Å². The van der Waals surface area contributed by atoms with E-state index in [1.54, 1.807) is 14.2 Å². The van der Waals surface area contributed by atoms with Crippen molar-refractivity contribution >= 4 is 5.70 Å². The Morgan fingerprint density at radius 3 is 2.50 bits per heavy atom. The van der Waals surface area contributed by atoms with Gasteiger partial charge in [0, 0.05) is 11.1 Å². The van der Waals surface area contributed by atoms with Gasteiger partial charge in [0.1, 0.15) is 11.5 Å². The summed E-state index contributed by atoms with van der Waals surface area (Å²) >= 11 is 0. The second kappa shape index (κ2) is 8.48. The first-order valence-corrected chi connectivity index (χ1v) is 10.7. The Labute approximate surface area is 187 Å². The number of para-hydroxylation sites is 1. The Morgan fingerprint density at radius 2 is 1.75 bits per heavy atom. The lowest BCUT2D eigenvalue weighted by Crippen LogP contribution is -2.43. The van der Waals surface area contributed by atoms with Crippen molar-refractivity contribution in [3.63, 3.8) is 0 Å². The standard InChI is InChI=1S/C26H26N2O4/c1-4-31-19-13-11-17(12-14-19)22-16-23-21-9-6-10-24(30-3)25(21)32-26(28(23)27-22)18-7-5-8-20(15-18)29-2/h5-16,23,26-27H,4H2,1-3H3. The van der Waals surface area contributed by atoms with E-state index in [4.69, 9.17) is 18.9 Å². The minimum Gasteiger partial charge on any atom is -0.497 e. The minimum atomic E-state index is -0.365. The number of hydrogen-bond donors (Lipinski definition) is 1. The molecule has 164 valence electrons. The van der Waals surface area contributed by atoms with E-state index in [2.05, 4.69) is 34.7 Å². The third-order valence-electron chi connectivity index (χ3n) is 5.76.